The van der Waals surface area contributed by atoms with Crippen molar-refractivity contribution in [1.29, 1.82) is 0 Å². The molecular weight excluding hydrogens is 310 g/mol. The van der Waals surface area contributed by atoms with Crippen molar-refractivity contribution in [3.05, 3.63) is 48.3 Å². The largest absolute Gasteiger partial charge is 0.296 e. The normalized spacial score (nSPS) is 19.3. The molecule has 3 rings (SSSR count). The second kappa shape index (κ2) is 6.84. The van der Waals surface area contributed by atoms with Crippen LogP contribution >= 0.6 is 0 Å². The molecule has 1 aliphatic heterocycles. The molecule has 1 atom stereocenters. The summed E-state index contributed by atoms with van der Waals surface area (Å²) in [5, 5.41) is 4.25. The number of hydrogen-bond donors (Lipinski definition) is 0. The lowest BCUT2D eigenvalue weighted by molar-refractivity contribution is 0.258. The van der Waals surface area contributed by atoms with Gasteiger partial charge in [-0.1, -0.05) is 18.2 Å². The molecule has 1 aliphatic rings. The monoisotopic (exact) mass is 333 g/mol. The van der Waals surface area contributed by atoms with E-state index >= 15 is 0 Å². The quantitative estimate of drug-likeness (QED) is 0.815. The van der Waals surface area contributed by atoms with Crippen LogP contribution in [0.2, 0.25) is 0 Å². The summed E-state index contributed by atoms with van der Waals surface area (Å²) in [5.41, 5.74) is 1.23. The van der Waals surface area contributed by atoms with Gasteiger partial charge in [-0.05, 0) is 44.5 Å². The van der Waals surface area contributed by atoms with Gasteiger partial charge >= 0.3 is 0 Å². The van der Waals surface area contributed by atoms with E-state index in [9.17, 15) is 8.42 Å². The zero-order chi connectivity index (χ0) is 16.3. The standard InChI is InChI=1S/C17H23N3O2S/c1-19-14-15(13-18-19)17-9-5-10-20(17)11-6-12-23(21,22)16-7-3-2-4-8-16/h2-4,7-8,13-14,17H,5-6,9-12H2,1H3/t17-/m0/s1. The van der Waals surface area contributed by atoms with Gasteiger partial charge < -0.3 is 0 Å². The van der Waals surface area contributed by atoms with Crippen LogP contribution in [0.3, 0.4) is 0 Å². The van der Waals surface area contributed by atoms with Crippen LogP contribution in [0.25, 0.3) is 0 Å². The second-order valence-corrected chi connectivity index (χ2v) is 8.24. The number of aryl methyl sites for hydroxylation is 1. The maximum absolute atomic E-state index is 12.3. The Labute approximate surface area is 137 Å². The van der Waals surface area contributed by atoms with Gasteiger partial charge in [-0.3, -0.25) is 9.58 Å². The minimum Gasteiger partial charge on any atom is -0.296 e. The van der Waals surface area contributed by atoms with Crippen LogP contribution in [-0.4, -0.2) is 41.9 Å². The molecule has 0 amide bonds. The number of hydrogen-bond acceptors (Lipinski definition) is 4. The Morgan fingerprint density at radius 2 is 2.04 bits per heavy atom. The van der Waals surface area contributed by atoms with Gasteiger partial charge in [0.25, 0.3) is 0 Å². The maximum atomic E-state index is 12.3. The molecule has 124 valence electrons. The molecular formula is C17H23N3O2S. The molecule has 2 aromatic rings. The minimum absolute atomic E-state index is 0.202. The zero-order valence-corrected chi connectivity index (χ0v) is 14.2. The highest BCUT2D eigenvalue weighted by atomic mass is 32.2. The molecule has 2 heterocycles. The molecule has 0 radical (unpaired) electrons. The van der Waals surface area contributed by atoms with Gasteiger partial charge in [0.2, 0.25) is 0 Å². The number of nitrogens with zero attached hydrogens (tertiary/aromatic N) is 3. The third kappa shape index (κ3) is 3.82. The van der Waals surface area contributed by atoms with Crippen LogP contribution in [-0.2, 0) is 16.9 Å². The minimum atomic E-state index is -3.17. The van der Waals surface area contributed by atoms with Crippen molar-refractivity contribution < 1.29 is 8.42 Å². The summed E-state index contributed by atoms with van der Waals surface area (Å²) in [6, 6.07) is 9.09. The van der Waals surface area contributed by atoms with Gasteiger partial charge in [0.1, 0.15) is 0 Å². The summed E-state index contributed by atoms with van der Waals surface area (Å²) in [5.74, 6) is 0.202. The summed E-state index contributed by atoms with van der Waals surface area (Å²) < 4.78 is 26.5. The number of likely N-dealkylation sites (tertiary alicyclic amines) is 1. The van der Waals surface area contributed by atoms with Crippen molar-refractivity contribution in [2.45, 2.75) is 30.2 Å². The van der Waals surface area contributed by atoms with Crippen molar-refractivity contribution in [2.24, 2.45) is 7.05 Å². The Morgan fingerprint density at radius 1 is 1.26 bits per heavy atom. The molecule has 1 saturated heterocycles. The molecule has 23 heavy (non-hydrogen) atoms. The van der Waals surface area contributed by atoms with Gasteiger partial charge in [0.15, 0.2) is 9.84 Å². The average molecular weight is 333 g/mol. The fourth-order valence-corrected chi connectivity index (χ4v) is 4.60. The first-order valence-corrected chi connectivity index (χ1v) is 9.72. The van der Waals surface area contributed by atoms with E-state index in [1.807, 2.05) is 24.0 Å². The first kappa shape index (κ1) is 16.2. The summed E-state index contributed by atoms with van der Waals surface area (Å²) in [6.45, 7) is 1.84. The highest BCUT2D eigenvalue weighted by Crippen LogP contribution is 2.31. The molecule has 0 spiro atoms. The predicted octanol–water partition coefficient (Wildman–Crippen LogP) is 2.42. The van der Waals surface area contributed by atoms with Gasteiger partial charge in [-0.2, -0.15) is 5.10 Å². The zero-order valence-electron chi connectivity index (χ0n) is 13.4. The molecule has 0 unspecified atom stereocenters. The lowest BCUT2D eigenvalue weighted by Gasteiger charge is -2.23. The molecule has 1 aromatic carbocycles. The Bertz CT molecular complexity index is 740. The summed E-state index contributed by atoms with van der Waals surface area (Å²) in [4.78, 5) is 2.81. The Kier molecular flexibility index (Phi) is 4.82. The molecule has 5 nitrogen and oxygen atoms in total. The Hall–Kier alpha value is -1.66. The fraction of sp³-hybridized carbons (Fsp3) is 0.471. The molecule has 0 saturated carbocycles. The molecule has 0 aliphatic carbocycles. The topological polar surface area (TPSA) is 55.2 Å². The third-order valence-electron chi connectivity index (χ3n) is 4.43. The fourth-order valence-electron chi connectivity index (χ4n) is 3.29. The van der Waals surface area contributed by atoms with Crippen molar-refractivity contribution in [1.82, 2.24) is 14.7 Å². The van der Waals surface area contributed by atoms with Crippen molar-refractivity contribution in [3.63, 3.8) is 0 Å². The first-order valence-electron chi connectivity index (χ1n) is 8.07. The van der Waals surface area contributed by atoms with E-state index in [1.54, 1.807) is 24.3 Å². The van der Waals surface area contributed by atoms with Gasteiger partial charge in [0.05, 0.1) is 16.8 Å². The van der Waals surface area contributed by atoms with Gasteiger partial charge in [-0.25, -0.2) is 8.42 Å². The maximum Gasteiger partial charge on any atom is 0.178 e. The summed E-state index contributed by atoms with van der Waals surface area (Å²) in [6.07, 6.45) is 6.92. The van der Waals surface area contributed by atoms with E-state index in [-0.39, 0.29) is 5.75 Å². The summed E-state index contributed by atoms with van der Waals surface area (Å²) >= 11 is 0. The van der Waals surface area contributed by atoms with Crippen LogP contribution in [0.1, 0.15) is 30.9 Å². The van der Waals surface area contributed by atoms with Crippen LogP contribution in [0.5, 0.6) is 0 Å². The van der Waals surface area contributed by atoms with Crippen LogP contribution < -0.4 is 0 Å². The number of benzene rings is 1. The second-order valence-electron chi connectivity index (χ2n) is 6.13. The van der Waals surface area contributed by atoms with E-state index in [1.165, 1.54) is 5.56 Å². The van der Waals surface area contributed by atoms with Gasteiger partial charge in [-0.15, -0.1) is 0 Å². The highest BCUT2D eigenvalue weighted by Gasteiger charge is 2.27. The van der Waals surface area contributed by atoms with Crippen molar-refractivity contribution in [3.8, 4) is 0 Å². The van der Waals surface area contributed by atoms with E-state index < -0.39 is 9.84 Å². The van der Waals surface area contributed by atoms with Crippen molar-refractivity contribution in [2.75, 3.05) is 18.8 Å². The van der Waals surface area contributed by atoms with Crippen LogP contribution in [0.4, 0.5) is 0 Å². The predicted molar refractivity (Wildman–Crippen MR) is 89.9 cm³/mol. The van der Waals surface area contributed by atoms with E-state index in [0.29, 0.717) is 17.4 Å². The van der Waals surface area contributed by atoms with E-state index in [4.69, 9.17) is 0 Å². The molecule has 1 aromatic heterocycles. The lowest BCUT2D eigenvalue weighted by Crippen LogP contribution is -2.25. The number of rotatable bonds is 6. The average Bonchev–Trinajstić information content (AvgIpc) is 3.17. The Balaban J connectivity index is 1.58. The van der Waals surface area contributed by atoms with Crippen molar-refractivity contribution >= 4 is 9.84 Å². The molecule has 1 fully saturated rings. The number of sulfone groups is 1. The Morgan fingerprint density at radius 3 is 2.74 bits per heavy atom. The SMILES string of the molecule is Cn1cc([C@@H]2CCCN2CCCS(=O)(=O)c2ccccc2)cn1. The molecule has 6 heteroatoms. The van der Waals surface area contributed by atoms with Crippen LogP contribution in [0.15, 0.2) is 47.6 Å². The molecule has 0 N–H and O–H groups in total. The smallest absolute Gasteiger partial charge is 0.178 e. The molecule has 0 bridgehead atoms. The van der Waals surface area contributed by atoms with E-state index in [2.05, 4.69) is 16.2 Å². The summed E-state index contributed by atoms with van der Waals surface area (Å²) in [7, 11) is -1.25. The van der Waals surface area contributed by atoms with Gasteiger partial charge in [0, 0.05) is 24.8 Å². The third-order valence-corrected chi connectivity index (χ3v) is 6.25. The highest BCUT2D eigenvalue weighted by molar-refractivity contribution is 7.91. The first-order chi connectivity index (χ1) is 11.1. The van der Waals surface area contributed by atoms with Crippen LogP contribution in [0, 0.1) is 0 Å². The number of aromatic nitrogens is 2. The lowest BCUT2D eigenvalue weighted by atomic mass is 10.1. The van der Waals surface area contributed by atoms with E-state index in [0.717, 1.165) is 25.9 Å².